The Morgan fingerprint density at radius 1 is 1.73 bits per heavy atom. The molecular weight excluding hydrogens is 200 g/mol. The van der Waals surface area contributed by atoms with Gasteiger partial charge in [0.2, 0.25) is 4.91 Å². The molecule has 2 atom stereocenters. The lowest BCUT2D eigenvalue weighted by Crippen LogP contribution is -2.42. The molecule has 1 saturated heterocycles. The topological polar surface area (TPSA) is 111 Å². The second kappa shape index (κ2) is 4.37. The lowest BCUT2D eigenvalue weighted by molar-refractivity contribution is 0.0226. The van der Waals surface area contributed by atoms with Crippen LogP contribution in [-0.4, -0.2) is 45.9 Å². The molecule has 15 heavy (non-hydrogen) atoms. The Morgan fingerprint density at radius 2 is 2.40 bits per heavy atom. The molecule has 0 aromatic heterocycles. The fraction of sp³-hybridized carbons (Fsp3) is 0.875. The molecule has 7 heteroatoms. The first kappa shape index (κ1) is 11.6. The smallest absolute Gasteiger partial charge is 0.407 e. The van der Waals surface area contributed by atoms with Crippen LogP contribution in [0.5, 0.6) is 0 Å². The van der Waals surface area contributed by atoms with E-state index in [0.29, 0.717) is 19.4 Å². The standard InChI is InChI=1S/C8H14N4O3/c1-8(15)4-6(10-11-9)2-3-12(5-8)7(13)14/h6,9,15H,2-5H2,1H3/p+1. The molecule has 0 bridgehead atoms. The number of aliphatic hydroxyl groups is 1. The van der Waals surface area contributed by atoms with Crippen LogP contribution in [0.1, 0.15) is 19.8 Å². The molecule has 84 valence electrons. The Balaban J connectivity index is 2.77. The molecule has 3 N–H and O–H groups in total. The molecule has 1 fully saturated rings. The van der Waals surface area contributed by atoms with Crippen molar-refractivity contribution in [3.05, 3.63) is 0 Å². The molecule has 7 nitrogen and oxygen atoms in total. The van der Waals surface area contributed by atoms with Crippen molar-refractivity contribution >= 4 is 6.09 Å². The van der Waals surface area contributed by atoms with Gasteiger partial charge in [0, 0.05) is 13.0 Å². The van der Waals surface area contributed by atoms with Gasteiger partial charge in [-0.2, -0.15) is 0 Å². The summed E-state index contributed by atoms with van der Waals surface area (Å²) in [5.74, 6) is 0. The minimum Gasteiger partial charge on any atom is -0.465 e. The highest BCUT2D eigenvalue weighted by Gasteiger charge is 2.35. The number of nitrogens with one attached hydrogen (secondary N) is 1. The summed E-state index contributed by atoms with van der Waals surface area (Å²) in [5, 5.41) is 22.4. The van der Waals surface area contributed by atoms with Crippen LogP contribution in [0.15, 0.2) is 5.11 Å². The van der Waals surface area contributed by atoms with Crippen LogP contribution in [0, 0.1) is 5.53 Å². The van der Waals surface area contributed by atoms with Crippen LogP contribution in [0.4, 0.5) is 4.79 Å². The summed E-state index contributed by atoms with van der Waals surface area (Å²) >= 11 is 0. The molecule has 1 aliphatic heterocycles. The molecule has 2 unspecified atom stereocenters. The number of hydrogen-bond acceptors (Lipinski definition) is 4. The summed E-state index contributed by atoms with van der Waals surface area (Å²) in [6, 6.07) is -0.276. The Hall–Kier alpha value is -1.46. The van der Waals surface area contributed by atoms with Gasteiger partial charge < -0.3 is 15.1 Å². The van der Waals surface area contributed by atoms with Gasteiger partial charge in [-0.3, -0.25) is 0 Å². The van der Waals surface area contributed by atoms with E-state index in [4.69, 9.17) is 10.6 Å². The minimum atomic E-state index is -1.10. The van der Waals surface area contributed by atoms with E-state index >= 15 is 0 Å². The zero-order chi connectivity index (χ0) is 11.5. The lowest BCUT2D eigenvalue weighted by atomic mass is 9.97. The van der Waals surface area contributed by atoms with Crippen molar-refractivity contribution in [3.63, 3.8) is 0 Å². The molecule has 0 aromatic rings. The minimum absolute atomic E-state index is 0.0757. The average molecular weight is 215 g/mol. The van der Waals surface area contributed by atoms with Crippen molar-refractivity contribution in [2.24, 2.45) is 5.11 Å². The molecule has 1 rings (SSSR count). The molecular formula is C8H15N4O3+. The summed E-state index contributed by atoms with van der Waals surface area (Å²) in [7, 11) is 0. The molecule has 1 amide bonds. The zero-order valence-corrected chi connectivity index (χ0v) is 8.55. The third kappa shape index (κ3) is 3.30. The number of carbonyl (C=O) groups is 1. The lowest BCUT2D eigenvalue weighted by Gasteiger charge is -2.26. The fourth-order valence-corrected chi connectivity index (χ4v) is 1.81. The third-order valence-electron chi connectivity index (χ3n) is 2.43. The maximum atomic E-state index is 10.8. The number of rotatable bonds is 1. The van der Waals surface area contributed by atoms with Gasteiger partial charge >= 0.3 is 6.09 Å². The summed E-state index contributed by atoms with van der Waals surface area (Å²) in [6.45, 7) is 1.96. The second-order valence-corrected chi connectivity index (χ2v) is 4.06. The van der Waals surface area contributed by atoms with Gasteiger partial charge in [0.25, 0.3) is 0 Å². The average Bonchev–Trinajstić information content (AvgIpc) is 2.24. The second-order valence-electron chi connectivity index (χ2n) is 4.06. The van der Waals surface area contributed by atoms with Crippen molar-refractivity contribution in [3.8, 4) is 0 Å². The first-order valence-electron chi connectivity index (χ1n) is 4.71. The van der Waals surface area contributed by atoms with E-state index in [1.807, 2.05) is 0 Å². The Morgan fingerprint density at radius 3 is 2.93 bits per heavy atom. The van der Waals surface area contributed by atoms with Gasteiger partial charge in [0.1, 0.15) is 16.7 Å². The fourth-order valence-electron chi connectivity index (χ4n) is 1.81. The molecule has 0 aliphatic carbocycles. The molecule has 0 spiro atoms. The van der Waals surface area contributed by atoms with E-state index in [9.17, 15) is 9.90 Å². The molecule has 1 heterocycles. The van der Waals surface area contributed by atoms with Crippen molar-refractivity contribution in [1.29, 1.82) is 5.53 Å². The van der Waals surface area contributed by atoms with Crippen molar-refractivity contribution in [2.45, 2.75) is 31.4 Å². The van der Waals surface area contributed by atoms with E-state index in [1.54, 1.807) is 6.92 Å². The van der Waals surface area contributed by atoms with Gasteiger partial charge in [-0.15, -0.1) is 0 Å². The Bertz CT molecular complexity index is 284. The predicted molar refractivity (Wildman–Crippen MR) is 50.5 cm³/mol. The quantitative estimate of drug-likeness (QED) is 0.435. The summed E-state index contributed by atoms with van der Waals surface area (Å²) in [5.41, 5.74) is 5.52. The number of β-amino-alcohol motifs (C(OH)–C–C–N with tert-alkyl or cyclic N) is 1. The van der Waals surface area contributed by atoms with Crippen LogP contribution >= 0.6 is 0 Å². The van der Waals surface area contributed by atoms with Gasteiger partial charge in [-0.05, 0) is 13.3 Å². The largest absolute Gasteiger partial charge is 0.465 e. The monoisotopic (exact) mass is 215 g/mol. The van der Waals surface area contributed by atoms with E-state index in [0.717, 1.165) is 0 Å². The first-order valence-corrected chi connectivity index (χ1v) is 4.71. The van der Waals surface area contributed by atoms with E-state index < -0.39 is 11.7 Å². The SMILES string of the molecule is CC1(O)CC(N=[N+]=N)CCN(C(=O)O)C1. The highest BCUT2D eigenvalue weighted by atomic mass is 16.4. The molecule has 1 aliphatic rings. The van der Waals surface area contributed by atoms with Crippen LogP contribution in [0.2, 0.25) is 0 Å². The maximum Gasteiger partial charge on any atom is 0.407 e. The highest BCUT2D eigenvalue weighted by molar-refractivity contribution is 5.65. The van der Waals surface area contributed by atoms with Gasteiger partial charge in [-0.1, -0.05) is 0 Å². The zero-order valence-electron chi connectivity index (χ0n) is 8.55. The summed E-state index contributed by atoms with van der Waals surface area (Å²) in [6.07, 6.45) is -0.219. The van der Waals surface area contributed by atoms with Crippen molar-refractivity contribution < 1.29 is 15.0 Å². The molecule has 0 saturated carbocycles. The maximum absolute atomic E-state index is 10.8. The van der Waals surface area contributed by atoms with Gasteiger partial charge in [0.15, 0.2) is 0 Å². The number of amides is 1. The van der Waals surface area contributed by atoms with Crippen molar-refractivity contribution in [2.75, 3.05) is 13.1 Å². The summed E-state index contributed by atoms with van der Waals surface area (Å²) < 4.78 is 0. The normalized spacial score (nSPS) is 31.6. The van der Waals surface area contributed by atoms with Crippen molar-refractivity contribution in [1.82, 2.24) is 9.81 Å². The van der Waals surface area contributed by atoms with Crippen LogP contribution < -0.4 is 4.91 Å². The number of carboxylic acid groups (broad SMARTS) is 1. The number of hydrogen-bond donors (Lipinski definition) is 3. The number of nitrogens with zero attached hydrogens (tertiary/aromatic N) is 3. The Kier molecular flexibility index (Phi) is 3.39. The molecule has 0 radical (unpaired) electrons. The van der Waals surface area contributed by atoms with E-state index in [-0.39, 0.29) is 12.6 Å². The van der Waals surface area contributed by atoms with Gasteiger partial charge in [-0.25, -0.2) is 4.79 Å². The molecule has 0 aromatic carbocycles. The highest BCUT2D eigenvalue weighted by Crippen LogP contribution is 2.22. The number of likely N-dealkylation sites (tertiary alicyclic amines) is 1. The summed E-state index contributed by atoms with van der Waals surface area (Å²) in [4.78, 5) is 14.9. The van der Waals surface area contributed by atoms with E-state index in [1.165, 1.54) is 4.90 Å². The van der Waals surface area contributed by atoms with Crippen LogP contribution in [-0.2, 0) is 0 Å². The van der Waals surface area contributed by atoms with E-state index in [2.05, 4.69) is 10.0 Å². The van der Waals surface area contributed by atoms with Gasteiger partial charge in [0.05, 0.1) is 12.1 Å². The van der Waals surface area contributed by atoms with Crippen LogP contribution in [0.25, 0.3) is 0 Å². The first-order chi connectivity index (χ1) is 6.94. The third-order valence-corrected chi connectivity index (χ3v) is 2.43. The predicted octanol–water partition coefficient (Wildman–Crippen LogP) is 0.430. The van der Waals surface area contributed by atoms with Crippen LogP contribution in [0.3, 0.4) is 0 Å². The Labute approximate surface area is 86.9 Å².